The van der Waals surface area contributed by atoms with E-state index in [-0.39, 0.29) is 57.3 Å². The summed E-state index contributed by atoms with van der Waals surface area (Å²) in [6.07, 6.45) is 2.57. The molecule has 1 saturated heterocycles. The highest BCUT2D eigenvalue weighted by atomic mass is 32.9. The minimum atomic E-state index is -1.50. The topological polar surface area (TPSA) is 143 Å². The molecule has 12 heteroatoms. The zero-order valence-electron chi connectivity index (χ0n) is 34.3. The number of allylic oxidation sites excluding steroid dienone is 2. The van der Waals surface area contributed by atoms with E-state index in [2.05, 4.69) is 48.5 Å². The third-order valence-electron chi connectivity index (χ3n) is 17.0. The molecular weight excluding hydrogens is 781 g/mol. The van der Waals surface area contributed by atoms with Crippen molar-refractivity contribution in [2.75, 3.05) is 6.61 Å². The van der Waals surface area contributed by atoms with Crippen LogP contribution in [0.5, 0.6) is 5.75 Å². The first-order chi connectivity index (χ1) is 26.7. The molecule has 8 rings (SSSR count). The summed E-state index contributed by atoms with van der Waals surface area (Å²) in [5, 5.41) is 41.4. The molecule has 2 heterocycles. The molecular formula is C45H60O9S3. The van der Waals surface area contributed by atoms with Gasteiger partial charge < -0.3 is 34.6 Å². The van der Waals surface area contributed by atoms with Crippen molar-refractivity contribution in [2.24, 2.45) is 50.2 Å². The first-order valence-corrected chi connectivity index (χ1v) is 23.4. The highest BCUT2D eigenvalue weighted by Crippen LogP contribution is 2.75. The number of carbonyl (C=O) groups excluding carboxylic acids is 2. The van der Waals surface area contributed by atoms with Crippen LogP contribution < -0.4 is 4.74 Å². The Kier molecular flexibility index (Phi) is 10.5. The molecule has 9 nitrogen and oxygen atoms in total. The molecule has 1 aliphatic heterocycles. The predicted molar refractivity (Wildman–Crippen MR) is 222 cm³/mol. The van der Waals surface area contributed by atoms with Gasteiger partial charge in [0.25, 0.3) is 0 Å². The van der Waals surface area contributed by atoms with E-state index in [9.17, 15) is 30.0 Å². The summed E-state index contributed by atoms with van der Waals surface area (Å²) in [6.45, 7) is 15.4. The SMILES string of the molecule is CC1(C(=O)Oc2ccc(-c3cc(=S)ss3)cc2)CC[C@]2(C)CCC3(C)C(=CC(=O)C4[C@@]5(C)CC[C@H](O[C@@H]6O[C@H](CO)[C@@H](O)[C@H](O)[C@H]6O)C(C)(C)C5CC[C@]43C)C2C1. The van der Waals surface area contributed by atoms with Gasteiger partial charge >= 0.3 is 5.97 Å². The minimum Gasteiger partial charge on any atom is -0.426 e. The first-order valence-electron chi connectivity index (χ1n) is 20.9. The van der Waals surface area contributed by atoms with E-state index in [1.807, 2.05) is 36.4 Å². The van der Waals surface area contributed by atoms with Gasteiger partial charge in [-0.3, -0.25) is 9.59 Å². The predicted octanol–water partition coefficient (Wildman–Crippen LogP) is 8.28. The molecule has 0 bridgehead atoms. The van der Waals surface area contributed by atoms with E-state index < -0.39 is 48.1 Å². The largest absolute Gasteiger partial charge is 0.426 e. The molecule has 14 atom stereocenters. The fourth-order valence-electron chi connectivity index (χ4n) is 13.2. The number of hydrogen-bond acceptors (Lipinski definition) is 12. The molecule has 1 aromatic heterocycles. The lowest BCUT2D eigenvalue weighted by atomic mass is 9.33. The fourth-order valence-corrected chi connectivity index (χ4v) is 15.6. The quantitative estimate of drug-likeness (QED) is 0.0738. The van der Waals surface area contributed by atoms with Gasteiger partial charge in [0.1, 0.15) is 34.0 Å². The Bertz CT molecular complexity index is 1990. The Morgan fingerprint density at radius 3 is 2.26 bits per heavy atom. The lowest BCUT2D eigenvalue weighted by Crippen LogP contribution is -2.67. The first kappa shape index (κ1) is 41.8. The van der Waals surface area contributed by atoms with Gasteiger partial charge in [0.05, 0.1) is 18.1 Å². The van der Waals surface area contributed by atoms with Gasteiger partial charge in [-0.05, 0) is 146 Å². The maximum Gasteiger partial charge on any atom is 0.317 e. The Hall–Kier alpha value is -1.87. The number of aliphatic hydroxyl groups excluding tert-OH is 4. The monoisotopic (exact) mass is 840 g/mol. The van der Waals surface area contributed by atoms with Crippen LogP contribution in [-0.2, 0) is 19.1 Å². The normalized spacial score (nSPS) is 45.1. The van der Waals surface area contributed by atoms with Crippen LogP contribution in [0.1, 0.15) is 106 Å². The number of fused-ring (bicyclic) bond motifs is 7. The van der Waals surface area contributed by atoms with E-state index in [1.54, 1.807) is 20.7 Å². The summed E-state index contributed by atoms with van der Waals surface area (Å²) in [5.41, 5.74) is 0.363. The number of ether oxygens (including phenoxy) is 3. The number of benzene rings is 1. The van der Waals surface area contributed by atoms with E-state index in [0.29, 0.717) is 18.6 Å². The molecule has 5 fully saturated rings. The van der Waals surface area contributed by atoms with Crippen LogP contribution in [0.4, 0.5) is 0 Å². The van der Waals surface area contributed by atoms with Crippen molar-refractivity contribution < 1.29 is 44.2 Å². The molecule has 5 unspecified atom stereocenters. The zero-order chi connectivity index (χ0) is 41.1. The van der Waals surface area contributed by atoms with Gasteiger partial charge in [0.15, 0.2) is 12.1 Å². The number of rotatable bonds is 6. The zero-order valence-corrected chi connectivity index (χ0v) is 36.7. The Labute approximate surface area is 349 Å². The van der Waals surface area contributed by atoms with Crippen molar-refractivity contribution in [3.63, 3.8) is 0 Å². The molecule has 0 amide bonds. The summed E-state index contributed by atoms with van der Waals surface area (Å²) in [5.74, 6) is 0.564. The second-order valence-corrected chi connectivity index (χ2v) is 23.3. The minimum absolute atomic E-state index is 0.00950. The van der Waals surface area contributed by atoms with Crippen LogP contribution >= 0.6 is 32.9 Å². The summed E-state index contributed by atoms with van der Waals surface area (Å²) < 4.78 is 19.2. The van der Waals surface area contributed by atoms with Gasteiger partial charge in [0, 0.05) is 10.8 Å². The summed E-state index contributed by atoms with van der Waals surface area (Å²) in [6, 6.07) is 9.69. The number of esters is 1. The van der Waals surface area contributed by atoms with Crippen LogP contribution in [-0.4, -0.2) is 75.6 Å². The van der Waals surface area contributed by atoms with Crippen molar-refractivity contribution in [2.45, 2.75) is 143 Å². The van der Waals surface area contributed by atoms with Crippen LogP contribution in [0.3, 0.4) is 0 Å². The van der Waals surface area contributed by atoms with E-state index >= 15 is 0 Å². The highest BCUT2D eigenvalue weighted by Gasteiger charge is 2.70. The number of hydrogen-bond donors (Lipinski definition) is 4. The third-order valence-corrected chi connectivity index (χ3v) is 19.9. The Morgan fingerprint density at radius 1 is 0.895 bits per heavy atom. The van der Waals surface area contributed by atoms with Gasteiger partial charge in [-0.25, -0.2) is 0 Å². The van der Waals surface area contributed by atoms with Gasteiger partial charge in [-0.2, -0.15) is 0 Å². The third kappa shape index (κ3) is 6.44. The summed E-state index contributed by atoms with van der Waals surface area (Å²) >= 11 is 5.31. The second-order valence-electron chi connectivity index (χ2n) is 20.3. The van der Waals surface area contributed by atoms with E-state index in [4.69, 9.17) is 26.4 Å². The van der Waals surface area contributed by atoms with Crippen molar-refractivity contribution in [1.82, 2.24) is 0 Å². The molecule has 2 aromatic rings. The number of carbonyl (C=O) groups is 2. The van der Waals surface area contributed by atoms with Gasteiger partial charge in [-0.15, -0.1) is 0 Å². The lowest BCUT2D eigenvalue weighted by Gasteiger charge is -2.70. The highest BCUT2D eigenvalue weighted by molar-refractivity contribution is 7.80. The molecule has 0 radical (unpaired) electrons. The lowest BCUT2D eigenvalue weighted by molar-refractivity contribution is -0.329. The van der Waals surface area contributed by atoms with Crippen molar-refractivity contribution in [3.8, 4) is 16.2 Å². The Balaban J connectivity index is 1.04. The molecule has 6 aliphatic rings. The molecule has 57 heavy (non-hydrogen) atoms. The summed E-state index contributed by atoms with van der Waals surface area (Å²) in [7, 11) is 3.22. The van der Waals surface area contributed by atoms with Crippen LogP contribution in [0.25, 0.3) is 10.4 Å². The molecule has 1 aromatic carbocycles. The standard InChI is InChI=1S/C45H60O9S3/c1-40(2)31-12-15-45(7)37(43(31,5)14-13-32(40)54-38-36(50)35(49)34(48)29(23-46)53-38)28(47)20-26-27-22-42(4,17-16-41(27,3)18-19-44(26,45)6)39(51)52-25-10-8-24(9-11-25)30-21-33(55)57-56-30/h8-11,20-21,27,29,31-32,34-38,46,48-50H,12-19,22-23H2,1-7H3/t27?,29-,31?,32+,34-,35+,36-,37?,38+,41-,42?,43+,44?,45-/m1/s1. The smallest absolute Gasteiger partial charge is 0.317 e. The van der Waals surface area contributed by atoms with Crippen LogP contribution in [0.15, 0.2) is 42.0 Å². The Morgan fingerprint density at radius 2 is 1.60 bits per heavy atom. The number of ketones is 1. The molecule has 312 valence electrons. The molecule has 4 N–H and O–H groups in total. The second kappa shape index (κ2) is 14.4. The van der Waals surface area contributed by atoms with Crippen LogP contribution in [0, 0.1) is 54.1 Å². The number of aliphatic hydroxyl groups is 4. The maximum absolute atomic E-state index is 15.0. The maximum atomic E-state index is 15.0. The average Bonchev–Trinajstić information content (AvgIpc) is 3.60. The van der Waals surface area contributed by atoms with E-state index in [1.165, 1.54) is 5.57 Å². The van der Waals surface area contributed by atoms with Crippen molar-refractivity contribution in [1.29, 1.82) is 0 Å². The van der Waals surface area contributed by atoms with Crippen molar-refractivity contribution >= 4 is 44.7 Å². The molecule has 0 spiro atoms. The van der Waals surface area contributed by atoms with Crippen molar-refractivity contribution in [3.05, 3.63) is 45.8 Å². The average molecular weight is 841 g/mol. The molecule has 4 saturated carbocycles. The molecule has 5 aliphatic carbocycles. The summed E-state index contributed by atoms with van der Waals surface area (Å²) in [4.78, 5) is 30.2. The van der Waals surface area contributed by atoms with Gasteiger partial charge in [-0.1, -0.05) is 80.0 Å². The van der Waals surface area contributed by atoms with E-state index in [0.717, 1.165) is 59.2 Å². The van der Waals surface area contributed by atoms with Gasteiger partial charge in [0.2, 0.25) is 0 Å². The van der Waals surface area contributed by atoms with Crippen LogP contribution in [0.2, 0.25) is 0 Å². The fraction of sp³-hybridized carbons (Fsp3) is 0.711.